The van der Waals surface area contributed by atoms with Crippen molar-refractivity contribution >= 4 is 27.3 Å². The molecule has 0 radical (unpaired) electrons. The third kappa shape index (κ3) is 5.79. The highest BCUT2D eigenvalue weighted by Gasteiger charge is 2.24. The maximum Gasteiger partial charge on any atom is 0.240 e. The Kier molecular flexibility index (Phi) is 7.60. The van der Waals surface area contributed by atoms with Gasteiger partial charge in [0.05, 0.1) is 4.90 Å². The molecule has 4 rings (SSSR count). The van der Waals surface area contributed by atoms with Gasteiger partial charge in [-0.05, 0) is 81.1 Å². The Morgan fingerprint density at radius 2 is 1.82 bits per heavy atom. The van der Waals surface area contributed by atoms with E-state index in [1.165, 1.54) is 11.3 Å². The molecule has 2 aromatic carbocycles. The molecule has 2 heterocycles. The number of piperazine rings is 1. The fourth-order valence-corrected chi connectivity index (χ4v) is 6.22. The predicted octanol–water partition coefficient (Wildman–Crippen LogP) is 3.17. The smallest absolute Gasteiger partial charge is 0.240 e. The largest absolute Gasteiger partial charge is 0.369 e. The molecular weight excluding hydrogens is 448 g/mol. The highest BCUT2D eigenvalue weighted by atomic mass is 32.2. The molecule has 7 nitrogen and oxygen atoms in total. The van der Waals surface area contributed by atoms with Gasteiger partial charge in [-0.1, -0.05) is 12.1 Å². The van der Waals surface area contributed by atoms with E-state index in [1.807, 2.05) is 6.92 Å². The topological polar surface area (TPSA) is 73.0 Å². The summed E-state index contributed by atoms with van der Waals surface area (Å²) in [5.74, 6) is -0.0111. The van der Waals surface area contributed by atoms with E-state index in [2.05, 4.69) is 45.7 Å². The van der Waals surface area contributed by atoms with Crippen molar-refractivity contribution < 1.29 is 13.2 Å². The Labute approximate surface area is 203 Å². The first kappa shape index (κ1) is 24.7. The van der Waals surface area contributed by atoms with Crippen LogP contribution >= 0.6 is 0 Å². The highest BCUT2D eigenvalue weighted by Crippen LogP contribution is 2.29. The highest BCUT2D eigenvalue weighted by molar-refractivity contribution is 7.89. The minimum atomic E-state index is -3.61. The average molecular weight is 485 g/mol. The molecule has 2 aromatic rings. The summed E-state index contributed by atoms with van der Waals surface area (Å²) in [4.78, 5) is 18.7. The Balaban J connectivity index is 1.29. The number of hydrogen-bond acceptors (Lipinski definition) is 5. The number of benzene rings is 2. The van der Waals surface area contributed by atoms with Crippen molar-refractivity contribution in [2.45, 2.75) is 51.0 Å². The van der Waals surface area contributed by atoms with E-state index in [0.29, 0.717) is 6.54 Å². The minimum absolute atomic E-state index is 0.0111. The van der Waals surface area contributed by atoms with Gasteiger partial charge >= 0.3 is 0 Å². The molecule has 34 heavy (non-hydrogen) atoms. The van der Waals surface area contributed by atoms with Crippen LogP contribution < -0.4 is 14.5 Å². The molecule has 0 aliphatic carbocycles. The molecule has 8 heteroatoms. The van der Waals surface area contributed by atoms with E-state index < -0.39 is 10.0 Å². The number of fused-ring (bicyclic) bond motifs is 1. The monoisotopic (exact) mass is 484 g/mol. The molecule has 1 unspecified atom stereocenters. The second-order valence-corrected chi connectivity index (χ2v) is 11.3. The molecule has 2 aliphatic rings. The normalized spacial score (nSPS) is 18.0. The van der Waals surface area contributed by atoms with Crippen molar-refractivity contribution in [1.29, 1.82) is 0 Å². The molecule has 184 valence electrons. The third-order valence-corrected chi connectivity index (χ3v) is 8.42. The summed E-state index contributed by atoms with van der Waals surface area (Å²) in [6, 6.07) is 13.6. The average Bonchev–Trinajstić information content (AvgIpc) is 2.82. The van der Waals surface area contributed by atoms with Crippen LogP contribution in [-0.2, 0) is 21.2 Å². The van der Waals surface area contributed by atoms with Gasteiger partial charge in [0, 0.05) is 57.1 Å². The molecule has 0 bridgehead atoms. The number of nitrogens with zero attached hydrogens (tertiary/aromatic N) is 3. The first-order chi connectivity index (χ1) is 16.2. The minimum Gasteiger partial charge on any atom is -0.369 e. The Hall–Kier alpha value is -2.42. The van der Waals surface area contributed by atoms with Gasteiger partial charge in [-0.15, -0.1) is 0 Å². The van der Waals surface area contributed by atoms with E-state index in [0.717, 1.165) is 63.2 Å². The zero-order chi connectivity index (χ0) is 24.3. The Bertz CT molecular complexity index is 1130. The molecule has 0 saturated carbocycles. The van der Waals surface area contributed by atoms with Gasteiger partial charge in [-0.3, -0.25) is 9.69 Å². The van der Waals surface area contributed by atoms with Gasteiger partial charge in [0.25, 0.3) is 0 Å². The van der Waals surface area contributed by atoms with Crippen LogP contribution in [0.1, 0.15) is 37.8 Å². The SMILES string of the molecule is CC(=O)N1CCCc2cc(S(=O)(=O)NC(C)CCN3CCN(c4cccc(C)c4)CC3)ccc21. The molecule has 1 atom stereocenters. The van der Waals surface area contributed by atoms with Gasteiger partial charge in [-0.2, -0.15) is 0 Å². The fourth-order valence-electron chi connectivity index (χ4n) is 4.89. The maximum atomic E-state index is 13.0. The van der Waals surface area contributed by atoms with Gasteiger partial charge in [0.1, 0.15) is 0 Å². The van der Waals surface area contributed by atoms with Crippen molar-refractivity contribution in [3.8, 4) is 0 Å². The van der Waals surface area contributed by atoms with Crippen molar-refractivity contribution in [3.63, 3.8) is 0 Å². The number of carbonyl (C=O) groups excluding carboxylic acids is 1. The zero-order valence-corrected chi connectivity index (χ0v) is 21.3. The lowest BCUT2D eigenvalue weighted by Gasteiger charge is -2.36. The van der Waals surface area contributed by atoms with Crippen molar-refractivity contribution in [2.24, 2.45) is 0 Å². The number of amides is 1. The van der Waals surface area contributed by atoms with Crippen LogP contribution in [0.5, 0.6) is 0 Å². The summed E-state index contributed by atoms with van der Waals surface area (Å²) in [5.41, 5.74) is 4.30. The van der Waals surface area contributed by atoms with Crippen LogP contribution in [0.25, 0.3) is 0 Å². The number of carbonyl (C=O) groups is 1. The Morgan fingerprint density at radius 3 is 2.53 bits per heavy atom. The summed E-state index contributed by atoms with van der Waals surface area (Å²) in [5, 5.41) is 0. The molecule has 1 fully saturated rings. The fraction of sp³-hybridized carbons (Fsp3) is 0.500. The molecular formula is C26H36N4O3S. The van der Waals surface area contributed by atoms with Crippen molar-refractivity contribution in [1.82, 2.24) is 9.62 Å². The Morgan fingerprint density at radius 1 is 1.06 bits per heavy atom. The van der Waals surface area contributed by atoms with E-state index in [9.17, 15) is 13.2 Å². The van der Waals surface area contributed by atoms with Crippen LogP contribution in [0.3, 0.4) is 0 Å². The number of hydrogen-bond donors (Lipinski definition) is 1. The van der Waals surface area contributed by atoms with E-state index in [4.69, 9.17) is 0 Å². The number of rotatable bonds is 7. The van der Waals surface area contributed by atoms with Gasteiger partial charge < -0.3 is 9.80 Å². The zero-order valence-electron chi connectivity index (χ0n) is 20.5. The first-order valence-electron chi connectivity index (χ1n) is 12.2. The van der Waals surface area contributed by atoms with Crippen LogP contribution in [0.15, 0.2) is 47.4 Å². The lowest BCUT2D eigenvalue weighted by Crippen LogP contribution is -2.47. The van der Waals surface area contributed by atoms with Crippen LogP contribution in [0.4, 0.5) is 11.4 Å². The van der Waals surface area contributed by atoms with E-state index >= 15 is 0 Å². The maximum absolute atomic E-state index is 13.0. The molecule has 0 spiro atoms. The van der Waals surface area contributed by atoms with Crippen LogP contribution in [-0.4, -0.2) is 64.5 Å². The van der Waals surface area contributed by atoms with Gasteiger partial charge in [0.15, 0.2) is 0 Å². The number of aryl methyl sites for hydroxylation is 2. The second-order valence-electron chi connectivity index (χ2n) is 9.54. The third-order valence-electron chi connectivity index (χ3n) is 6.83. The van der Waals surface area contributed by atoms with Gasteiger partial charge in [-0.25, -0.2) is 13.1 Å². The van der Waals surface area contributed by atoms with Crippen LogP contribution in [0, 0.1) is 6.92 Å². The summed E-state index contributed by atoms with van der Waals surface area (Å²) in [7, 11) is -3.61. The predicted molar refractivity (Wildman–Crippen MR) is 137 cm³/mol. The number of nitrogens with one attached hydrogen (secondary N) is 1. The summed E-state index contributed by atoms with van der Waals surface area (Å²) < 4.78 is 28.9. The first-order valence-corrected chi connectivity index (χ1v) is 13.7. The lowest BCUT2D eigenvalue weighted by molar-refractivity contribution is -0.116. The molecule has 1 N–H and O–H groups in total. The van der Waals surface area contributed by atoms with E-state index in [-0.39, 0.29) is 16.8 Å². The quantitative estimate of drug-likeness (QED) is 0.654. The molecule has 2 aliphatic heterocycles. The van der Waals surface area contributed by atoms with Gasteiger partial charge in [0.2, 0.25) is 15.9 Å². The number of sulfonamides is 1. The molecule has 1 amide bonds. The van der Waals surface area contributed by atoms with Crippen LogP contribution in [0.2, 0.25) is 0 Å². The second kappa shape index (κ2) is 10.5. The summed E-state index contributed by atoms with van der Waals surface area (Å²) >= 11 is 0. The molecule has 0 aromatic heterocycles. The van der Waals surface area contributed by atoms with Crippen molar-refractivity contribution in [2.75, 3.05) is 49.1 Å². The molecule has 1 saturated heterocycles. The van der Waals surface area contributed by atoms with Crippen molar-refractivity contribution in [3.05, 3.63) is 53.6 Å². The summed E-state index contributed by atoms with van der Waals surface area (Å²) in [6.07, 6.45) is 2.39. The lowest BCUT2D eigenvalue weighted by atomic mass is 10.0. The number of anilines is 2. The summed E-state index contributed by atoms with van der Waals surface area (Å²) in [6.45, 7) is 11.1. The standard InChI is InChI=1S/C26H36N4O3S/c1-20-6-4-8-24(18-20)29-16-14-28(15-17-29)13-11-21(2)27-34(32,33)25-9-10-26-23(19-25)7-5-12-30(26)22(3)31/h4,6,8-10,18-19,21,27H,5,7,11-17H2,1-3H3. The van der Waals surface area contributed by atoms with E-state index in [1.54, 1.807) is 30.0 Å².